The van der Waals surface area contributed by atoms with Crippen molar-refractivity contribution in [2.24, 2.45) is 0 Å². The third-order valence-electron chi connectivity index (χ3n) is 3.68. The predicted octanol–water partition coefficient (Wildman–Crippen LogP) is 2.75. The number of ether oxygens (including phenoxy) is 1. The number of nitrogens with one attached hydrogen (secondary N) is 2. The SMILES string of the molecule is Cc1sc(NC(=O)NC2(C)CCCOC2)c(C(=O)O)c1C. The number of hydrogen-bond donors (Lipinski definition) is 3. The number of carbonyl (C=O) groups is 2. The molecule has 1 unspecified atom stereocenters. The molecule has 2 amide bonds. The Bertz CT molecular complexity index is 562. The Morgan fingerprint density at radius 1 is 1.38 bits per heavy atom. The Balaban J connectivity index is 2.09. The molecular weight excluding hydrogens is 292 g/mol. The number of aromatic carboxylic acids is 1. The Labute approximate surface area is 127 Å². The van der Waals surface area contributed by atoms with E-state index in [0.717, 1.165) is 17.7 Å². The molecule has 1 fully saturated rings. The Kier molecular flexibility index (Phi) is 4.53. The minimum absolute atomic E-state index is 0.165. The molecule has 6 nitrogen and oxygen atoms in total. The molecule has 21 heavy (non-hydrogen) atoms. The number of rotatable bonds is 3. The number of urea groups is 1. The van der Waals surface area contributed by atoms with Crippen molar-refractivity contribution in [3.05, 3.63) is 16.0 Å². The maximum absolute atomic E-state index is 12.1. The lowest BCUT2D eigenvalue weighted by Crippen LogP contribution is -2.52. The van der Waals surface area contributed by atoms with Gasteiger partial charge < -0.3 is 15.2 Å². The average Bonchev–Trinajstić information content (AvgIpc) is 2.64. The number of carboxylic acid groups (broad SMARTS) is 1. The fraction of sp³-hybridized carbons (Fsp3) is 0.571. The van der Waals surface area contributed by atoms with Crippen LogP contribution in [0.1, 0.15) is 40.6 Å². The van der Waals surface area contributed by atoms with Crippen molar-refractivity contribution in [2.45, 2.75) is 39.2 Å². The van der Waals surface area contributed by atoms with Gasteiger partial charge in [0.2, 0.25) is 0 Å². The molecule has 1 aliphatic rings. The standard InChI is InChI=1S/C14H20N2O4S/c1-8-9(2)21-11(10(8)12(17)18)15-13(19)16-14(3)5-4-6-20-7-14/h4-7H2,1-3H3,(H,17,18)(H2,15,16,19). The number of thiophene rings is 1. The molecular formula is C14H20N2O4S. The van der Waals surface area contributed by atoms with Gasteiger partial charge in [-0.2, -0.15) is 0 Å². The summed E-state index contributed by atoms with van der Waals surface area (Å²) in [5.74, 6) is -1.03. The summed E-state index contributed by atoms with van der Waals surface area (Å²) in [6.07, 6.45) is 1.74. The third kappa shape index (κ3) is 3.54. The normalized spacial score (nSPS) is 21.9. The number of hydrogen-bond acceptors (Lipinski definition) is 4. The lowest BCUT2D eigenvalue weighted by Gasteiger charge is -2.34. The van der Waals surface area contributed by atoms with Crippen molar-refractivity contribution in [1.82, 2.24) is 5.32 Å². The van der Waals surface area contributed by atoms with Gasteiger partial charge in [0, 0.05) is 11.5 Å². The number of amides is 2. The van der Waals surface area contributed by atoms with Crippen molar-refractivity contribution in [3.63, 3.8) is 0 Å². The molecule has 0 aliphatic carbocycles. The van der Waals surface area contributed by atoms with Crippen molar-refractivity contribution in [1.29, 1.82) is 0 Å². The molecule has 7 heteroatoms. The van der Waals surface area contributed by atoms with Gasteiger partial charge in [0.1, 0.15) is 5.00 Å². The van der Waals surface area contributed by atoms with E-state index in [1.54, 1.807) is 6.92 Å². The predicted molar refractivity (Wildman–Crippen MR) is 81.4 cm³/mol. The average molecular weight is 312 g/mol. The van der Waals surface area contributed by atoms with Crippen LogP contribution in [0.3, 0.4) is 0 Å². The van der Waals surface area contributed by atoms with Crippen LogP contribution in [0.5, 0.6) is 0 Å². The number of carboxylic acids is 1. The van der Waals surface area contributed by atoms with Gasteiger partial charge in [-0.1, -0.05) is 0 Å². The number of anilines is 1. The second-order valence-electron chi connectivity index (χ2n) is 5.59. The minimum atomic E-state index is -1.03. The highest BCUT2D eigenvalue weighted by atomic mass is 32.1. The van der Waals surface area contributed by atoms with E-state index >= 15 is 0 Å². The van der Waals surface area contributed by atoms with Crippen LogP contribution in [-0.4, -0.2) is 35.9 Å². The van der Waals surface area contributed by atoms with Gasteiger partial charge in [-0.15, -0.1) is 11.3 Å². The van der Waals surface area contributed by atoms with E-state index in [0.29, 0.717) is 23.8 Å². The fourth-order valence-corrected chi connectivity index (χ4v) is 3.46. The van der Waals surface area contributed by atoms with E-state index in [4.69, 9.17) is 4.74 Å². The monoisotopic (exact) mass is 312 g/mol. The first-order chi connectivity index (χ1) is 9.82. The highest BCUT2D eigenvalue weighted by Gasteiger charge is 2.30. The molecule has 1 aromatic rings. The van der Waals surface area contributed by atoms with Gasteiger partial charge in [-0.3, -0.25) is 5.32 Å². The lowest BCUT2D eigenvalue weighted by molar-refractivity contribution is 0.0342. The molecule has 0 saturated carbocycles. The van der Waals surface area contributed by atoms with E-state index in [1.165, 1.54) is 11.3 Å². The van der Waals surface area contributed by atoms with Crippen molar-refractivity contribution in [2.75, 3.05) is 18.5 Å². The van der Waals surface area contributed by atoms with Crippen LogP contribution in [-0.2, 0) is 4.74 Å². The first-order valence-corrected chi connectivity index (χ1v) is 7.64. The maximum Gasteiger partial charge on any atom is 0.338 e. The largest absolute Gasteiger partial charge is 0.478 e. The Morgan fingerprint density at radius 2 is 2.10 bits per heavy atom. The summed E-state index contributed by atoms with van der Waals surface area (Å²) in [5.41, 5.74) is 0.445. The fourth-order valence-electron chi connectivity index (χ4n) is 2.41. The number of carbonyl (C=O) groups excluding carboxylic acids is 1. The van der Waals surface area contributed by atoms with Crippen LogP contribution in [0.15, 0.2) is 0 Å². The van der Waals surface area contributed by atoms with Crippen LogP contribution in [0.25, 0.3) is 0 Å². The van der Waals surface area contributed by atoms with E-state index in [-0.39, 0.29) is 5.56 Å². The number of aryl methyl sites for hydroxylation is 1. The van der Waals surface area contributed by atoms with Crippen LogP contribution < -0.4 is 10.6 Å². The summed E-state index contributed by atoms with van der Waals surface area (Å²) in [6.45, 7) is 6.69. The summed E-state index contributed by atoms with van der Waals surface area (Å²) in [6, 6.07) is -0.397. The highest BCUT2D eigenvalue weighted by molar-refractivity contribution is 7.16. The zero-order valence-electron chi connectivity index (χ0n) is 12.4. The second-order valence-corrected chi connectivity index (χ2v) is 6.81. The van der Waals surface area contributed by atoms with E-state index < -0.39 is 17.5 Å². The van der Waals surface area contributed by atoms with Gasteiger partial charge in [0.05, 0.1) is 17.7 Å². The lowest BCUT2D eigenvalue weighted by atomic mass is 9.95. The van der Waals surface area contributed by atoms with Crippen molar-refractivity contribution < 1.29 is 19.4 Å². The molecule has 1 atom stereocenters. The molecule has 0 bridgehead atoms. The summed E-state index contributed by atoms with van der Waals surface area (Å²) < 4.78 is 5.39. The molecule has 116 valence electrons. The Hall–Kier alpha value is -1.60. The van der Waals surface area contributed by atoms with E-state index in [1.807, 2.05) is 13.8 Å². The zero-order valence-corrected chi connectivity index (χ0v) is 13.2. The topological polar surface area (TPSA) is 87.7 Å². The first-order valence-electron chi connectivity index (χ1n) is 6.82. The molecule has 1 aromatic heterocycles. The second kappa shape index (κ2) is 6.03. The van der Waals surface area contributed by atoms with Crippen LogP contribution in [0.2, 0.25) is 0 Å². The first kappa shape index (κ1) is 15.8. The van der Waals surface area contributed by atoms with Crippen molar-refractivity contribution in [3.8, 4) is 0 Å². The molecule has 2 rings (SSSR count). The molecule has 0 aromatic carbocycles. The molecule has 0 radical (unpaired) electrons. The summed E-state index contributed by atoms with van der Waals surface area (Å²) >= 11 is 1.27. The molecule has 0 spiro atoms. The van der Waals surface area contributed by atoms with Gasteiger partial charge in [-0.25, -0.2) is 9.59 Å². The molecule has 1 saturated heterocycles. The molecule has 2 heterocycles. The van der Waals surface area contributed by atoms with Crippen LogP contribution >= 0.6 is 11.3 Å². The summed E-state index contributed by atoms with van der Waals surface area (Å²) in [4.78, 5) is 24.3. The molecule has 1 aliphatic heterocycles. The quantitative estimate of drug-likeness (QED) is 0.801. The van der Waals surface area contributed by atoms with E-state index in [9.17, 15) is 14.7 Å². The van der Waals surface area contributed by atoms with Gasteiger partial charge in [0.25, 0.3) is 0 Å². The highest BCUT2D eigenvalue weighted by Crippen LogP contribution is 2.32. The van der Waals surface area contributed by atoms with Crippen LogP contribution in [0, 0.1) is 13.8 Å². The Morgan fingerprint density at radius 3 is 2.67 bits per heavy atom. The third-order valence-corrected chi connectivity index (χ3v) is 4.80. The maximum atomic E-state index is 12.1. The smallest absolute Gasteiger partial charge is 0.338 e. The van der Waals surface area contributed by atoms with Gasteiger partial charge >= 0.3 is 12.0 Å². The zero-order chi connectivity index (χ0) is 15.6. The summed E-state index contributed by atoms with van der Waals surface area (Å²) in [5, 5.41) is 15.2. The van der Waals surface area contributed by atoms with Gasteiger partial charge in [0.15, 0.2) is 0 Å². The minimum Gasteiger partial charge on any atom is -0.478 e. The van der Waals surface area contributed by atoms with Crippen molar-refractivity contribution >= 4 is 28.3 Å². The summed E-state index contributed by atoms with van der Waals surface area (Å²) in [7, 11) is 0. The van der Waals surface area contributed by atoms with Gasteiger partial charge in [-0.05, 0) is 39.2 Å². The van der Waals surface area contributed by atoms with E-state index in [2.05, 4.69) is 10.6 Å². The van der Waals surface area contributed by atoms with Crippen LogP contribution in [0.4, 0.5) is 9.80 Å². The molecule has 3 N–H and O–H groups in total.